The van der Waals surface area contributed by atoms with Gasteiger partial charge in [0, 0.05) is 18.1 Å². The van der Waals surface area contributed by atoms with E-state index in [4.69, 9.17) is 0 Å². The van der Waals surface area contributed by atoms with Crippen molar-refractivity contribution in [2.45, 2.75) is 25.1 Å². The summed E-state index contributed by atoms with van der Waals surface area (Å²) in [5, 5.41) is 20.3. The smallest absolute Gasteiger partial charge is 0.353 e. The molecule has 0 aliphatic rings. The van der Waals surface area contributed by atoms with Crippen molar-refractivity contribution >= 4 is 23.0 Å². The number of alkyl halides is 6. The summed E-state index contributed by atoms with van der Waals surface area (Å²) in [6.45, 7) is 1.65. The molecule has 2 heterocycles. The maximum atomic E-state index is 12.8. The molecule has 0 unspecified atom stereocenters. The Balaban J connectivity index is 1.92. The molecule has 0 bridgehead atoms. The number of halogens is 6. The molecule has 1 aromatic carbocycles. The average Bonchev–Trinajstić information content (AvgIpc) is 3.10. The van der Waals surface area contributed by atoms with Gasteiger partial charge in [-0.05, 0) is 36.2 Å². The van der Waals surface area contributed by atoms with Crippen molar-refractivity contribution in [3.8, 4) is 10.4 Å². The highest BCUT2D eigenvalue weighted by atomic mass is 32.1. The first-order valence-electron chi connectivity index (χ1n) is 8.04. The molecule has 0 radical (unpaired) electrons. The molecule has 3 N–H and O–H groups in total. The van der Waals surface area contributed by atoms with Crippen LogP contribution in [0, 0.1) is 6.92 Å². The number of nitrogens with one attached hydrogen (secondary N) is 1. The van der Waals surface area contributed by atoms with Gasteiger partial charge in [0.2, 0.25) is 5.95 Å². The van der Waals surface area contributed by atoms with Crippen LogP contribution in [-0.4, -0.2) is 31.3 Å². The molecule has 3 rings (SSSR count). The molecule has 3 aromatic rings. The summed E-state index contributed by atoms with van der Waals surface area (Å²) in [5.41, 5.74) is 0.0990. The third-order valence-electron chi connectivity index (χ3n) is 3.76. The van der Waals surface area contributed by atoms with Gasteiger partial charge in [0.15, 0.2) is 5.01 Å². The standard InChI is InChI=1S/C17H12F6N4O2S/c1-8-4-9(11-7-25-13(30-11)15(28,29)17(21,22)23)6-10(5-8)26-14-24-3-2-12(27-14)16(18,19)20/h2-7,28-29H,1H3,(H,24,26,27). The summed E-state index contributed by atoms with van der Waals surface area (Å²) >= 11 is 0.410. The van der Waals surface area contributed by atoms with Gasteiger partial charge in [-0.25, -0.2) is 15.0 Å². The van der Waals surface area contributed by atoms with Crippen LogP contribution in [0.4, 0.5) is 38.0 Å². The molecule has 6 nitrogen and oxygen atoms in total. The molecular weight excluding hydrogens is 438 g/mol. The lowest BCUT2D eigenvalue weighted by atomic mass is 10.1. The zero-order valence-electron chi connectivity index (χ0n) is 14.9. The van der Waals surface area contributed by atoms with Crippen molar-refractivity contribution in [3.63, 3.8) is 0 Å². The van der Waals surface area contributed by atoms with E-state index in [9.17, 15) is 36.6 Å². The number of benzene rings is 1. The second kappa shape index (κ2) is 7.49. The van der Waals surface area contributed by atoms with E-state index in [2.05, 4.69) is 20.3 Å². The van der Waals surface area contributed by atoms with E-state index in [0.29, 0.717) is 28.5 Å². The van der Waals surface area contributed by atoms with E-state index in [-0.39, 0.29) is 16.5 Å². The molecular formula is C17H12F6N4O2S. The van der Waals surface area contributed by atoms with Crippen LogP contribution in [0.25, 0.3) is 10.4 Å². The van der Waals surface area contributed by atoms with Gasteiger partial charge < -0.3 is 15.5 Å². The van der Waals surface area contributed by atoms with E-state index in [1.54, 1.807) is 19.1 Å². The number of nitrogens with zero attached hydrogens (tertiary/aromatic N) is 3. The molecule has 0 spiro atoms. The monoisotopic (exact) mass is 450 g/mol. The summed E-state index contributed by atoms with van der Waals surface area (Å²) in [5.74, 6) is -4.43. The van der Waals surface area contributed by atoms with Gasteiger partial charge >= 0.3 is 18.1 Å². The quantitative estimate of drug-likeness (QED) is 0.404. The molecule has 0 aliphatic heterocycles. The van der Waals surface area contributed by atoms with Gasteiger partial charge in [-0.1, -0.05) is 6.07 Å². The van der Waals surface area contributed by atoms with Crippen molar-refractivity contribution in [1.29, 1.82) is 0 Å². The number of hydrogen-bond acceptors (Lipinski definition) is 7. The molecule has 0 saturated carbocycles. The summed E-state index contributed by atoms with van der Waals surface area (Å²) < 4.78 is 76.7. The van der Waals surface area contributed by atoms with Crippen LogP contribution in [0.1, 0.15) is 16.3 Å². The summed E-state index contributed by atoms with van der Waals surface area (Å²) in [6.07, 6.45) is -8.03. The first-order valence-corrected chi connectivity index (χ1v) is 8.86. The molecule has 0 fully saturated rings. The first kappa shape index (κ1) is 21.9. The topological polar surface area (TPSA) is 91.2 Å². The van der Waals surface area contributed by atoms with Crippen LogP contribution in [-0.2, 0) is 12.0 Å². The fraction of sp³-hybridized carbons (Fsp3) is 0.235. The van der Waals surface area contributed by atoms with Crippen molar-refractivity contribution < 1.29 is 36.6 Å². The van der Waals surface area contributed by atoms with Crippen molar-refractivity contribution in [2.75, 3.05) is 5.32 Å². The maximum Gasteiger partial charge on any atom is 0.450 e. The van der Waals surface area contributed by atoms with E-state index >= 15 is 0 Å². The highest BCUT2D eigenvalue weighted by molar-refractivity contribution is 7.15. The minimum atomic E-state index is -5.34. The summed E-state index contributed by atoms with van der Waals surface area (Å²) in [7, 11) is 0. The lowest BCUT2D eigenvalue weighted by Crippen LogP contribution is -2.41. The second-order valence-electron chi connectivity index (χ2n) is 6.18. The Morgan fingerprint density at radius 2 is 1.70 bits per heavy atom. The van der Waals surface area contributed by atoms with Crippen LogP contribution in [0.2, 0.25) is 0 Å². The van der Waals surface area contributed by atoms with E-state index in [0.717, 1.165) is 12.4 Å². The molecule has 0 atom stereocenters. The Kier molecular flexibility index (Phi) is 5.47. The van der Waals surface area contributed by atoms with Gasteiger partial charge in [-0.2, -0.15) is 26.3 Å². The predicted octanol–water partition coefficient (Wildman–Crippen LogP) is 4.37. The highest BCUT2D eigenvalue weighted by Crippen LogP contribution is 2.40. The molecule has 160 valence electrons. The highest BCUT2D eigenvalue weighted by Gasteiger charge is 2.56. The molecule has 0 amide bonds. The van der Waals surface area contributed by atoms with Crippen LogP contribution in [0.3, 0.4) is 0 Å². The minimum absolute atomic E-state index is 0.179. The largest absolute Gasteiger partial charge is 0.450 e. The van der Waals surface area contributed by atoms with Crippen LogP contribution in [0.5, 0.6) is 0 Å². The summed E-state index contributed by atoms with van der Waals surface area (Å²) in [6, 6.07) is 5.28. The van der Waals surface area contributed by atoms with Gasteiger partial charge in [0.1, 0.15) is 5.69 Å². The van der Waals surface area contributed by atoms with Crippen molar-refractivity contribution in [3.05, 3.63) is 52.9 Å². The Hall–Kier alpha value is -2.77. The van der Waals surface area contributed by atoms with Gasteiger partial charge in [0.05, 0.1) is 4.88 Å². The Labute approximate surface area is 168 Å². The first-order chi connectivity index (χ1) is 13.8. The Morgan fingerprint density at radius 3 is 2.33 bits per heavy atom. The number of anilines is 2. The van der Waals surface area contributed by atoms with E-state index in [1.165, 1.54) is 6.07 Å². The zero-order valence-corrected chi connectivity index (χ0v) is 15.7. The number of aliphatic hydroxyl groups is 2. The van der Waals surface area contributed by atoms with E-state index in [1.807, 2.05) is 0 Å². The summed E-state index contributed by atoms with van der Waals surface area (Å²) in [4.78, 5) is 10.7. The SMILES string of the molecule is Cc1cc(Nc2nccc(C(F)(F)F)n2)cc(-c2cnc(C(O)(O)C(F)(F)F)s2)c1. The Morgan fingerprint density at radius 1 is 1.00 bits per heavy atom. The molecule has 2 aromatic heterocycles. The Bertz CT molecular complexity index is 1060. The number of aryl methyl sites for hydroxylation is 1. The molecule has 30 heavy (non-hydrogen) atoms. The fourth-order valence-corrected chi connectivity index (χ4v) is 3.31. The zero-order chi connectivity index (χ0) is 22.3. The van der Waals surface area contributed by atoms with Crippen LogP contribution < -0.4 is 5.32 Å². The second-order valence-corrected chi connectivity index (χ2v) is 7.21. The van der Waals surface area contributed by atoms with Gasteiger partial charge in [-0.3, -0.25) is 0 Å². The maximum absolute atomic E-state index is 12.8. The average molecular weight is 450 g/mol. The van der Waals surface area contributed by atoms with Crippen molar-refractivity contribution in [1.82, 2.24) is 15.0 Å². The molecule has 0 aliphatic carbocycles. The van der Waals surface area contributed by atoms with Gasteiger partial charge in [0.25, 0.3) is 0 Å². The lowest BCUT2D eigenvalue weighted by molar-refractivity contribution is -0.358. The predicted molar refractivity (Wildman–Crippen MR) is 94.8 cm³/mol. The number of hydrogen-bond donors (Lipinski definition) is 3. The minimum Gasteiger partial charge on any atom is -0.353 e. The van der Waals surface area contributed by atoms with Crippen molar-refractivity contribution in [2.24, 2.45) is 0 Å². The van der Waals surface area contributed by atoms with Crippen LogP contribution >= 0.6 is 11.3 Å². The normalized spacial score (nSPS) is 12.8. The molecule has 0 saturated heterocycles. The number of thiazole rings is 1. The lowest BCUT2D eigenvalue weighted by Gasteiger charge is -2.21. The third kappa shape index (κ3) is 4.52. The number of rotatable bonds is 4. The number of aromatic nitrogens is 3. The van der Waals surface area contributed by atoms with Gasteiger partial charge in [-0.15, -0.1) is 11.3 Å². The van der Waals surface area contributed by atoms with E-state index < -0.39 is 28.8 Å². The van der Waals surface area contributed by atoms with Crippen LogP contribution in [0.15, 0.2) is 36.7 Å². The third-order valence-corrected chi connectivity index (χ3v) is 4.91. The molecule has 13 heteroatoms. The fourth-order valence-electron chi connectivity index (χ4n) is 2.39.